The van der Waals surface area contributed by atoms with Crippen LogP contribution in [-0.2, 0) is 11.3 Å². The van der Waals surface area contributed by atoms with Crippen molar-refractivity contribution < 1.29 is 9.53 Å². The number of hydrogen-bond acceptors (Lipinski definition) is 5. The number of aryl methyl sites for hydroxylation is 1. The number of likely N-dealkylation sites (tertiary alicyclic amines) is 1. The molecule has 2 heterocycles. The second-order valence-corrected chi connectivity index (χ2v) is 5.27. The number of pyridine rings is 1. The molecule has 1 fully saturated rings. The zero-order valence-corrected chi connectivity index (χ0v) is 12.8. The number of anilines is 1. The maximum atomic E-state index is 11.7. The average Bonchev–Trinajstić information content (AvgIpc) is 2.48. The van der Waals surface area contributed by atoms with Gasteiger partial charge in [0.1, 0.15) is 5.82 Å². The molecule has 0 unspecified atom stereocenters. The molecule has 1 aromatic rings. The van der Waals surface area contributed by atoms with Crippen LogP contribution in [0.25, 0.3) is 0 Å². The fourth-order valence-corrected chi connectivity index (χ4v) is 2.49. The largest absolute Gasteiger partial charge is 0.450 e. The second kappa shape index (κ2) is 7.26. The molecule has 0 spiro atoms. The van der Waals surface area contributed by atoms with E-state index in [0.717, 1.165) is 29.9 Å². The lowest BCUT2D eigenvalue weighted by Crippen LogP contribution is -2.42. The molecule has 1 aromatic heterocycles. The molecule has 1 aliphatic rings. The Bertz CT molecular complexity index is 485. The van der Waals surface area contributed by atoms with E-state index in [1.165, 1.54) is 0 Å². The van der Waals surface area contributed by atoms with Gasteiger partial charge in [0, 0.05) is 36.9 Å². The van der Waals surface area contributed by atoms with E-state index in [0.29, 0.717) is 32.3 Å². The molecule has 116 valence electrons. The topological polar surface area (TPSA) is 80.5 Å². The van der Waals surface area contributed by atoms with Gasteiger partial charge in [-0.2, -0.15) is 0 Å². The van der Waals surface area contributed by atoms with E-state index in [2.05, 4.69) is 10.3 Å². The minimum atomic E-state index is -0.215. The summed E-state index contributed by atoms with van der Waals surface area (Å²) in [5.74, 6) is 0.868. The van der Waals surface area contributed by atoms with Crippen LogP contribution in [0.15, 0.2) is 12.1 Å². The third-order valence-electron chi connectivity index (χ3n) is 3.70. The van der Waals surface area contributed by atoms with Crippen LogP contribution < -0.4 is 11.1 Å². The van der Waals surface area contributed by atoms with Gasteiger partial charge < -0.3 is 20.7 Å². The summed E-state index contributed by atoms with van der Waals surface area (Å²) in [7, 11) is 0. The first-order valence-electron chi connectivity index (χ1n) is 7.48. The molecule has 0 aromatic carbocycles. The number of nitrogens with one attached hydrogen (secondary N) is 1. The van der Waals surface area contributed by atoms with Crippen molar-refractivity contribution in [3.05, 3.63) is 23.4 Å². The van der Waals surface area contributed by atoms with Crippen molar-refractivity contribution in [1.82, 2.24) is 9.88 Å². The first-order chi connectivity index (χ1) is 10.1. The summed E-state index contributed by atoms with van der Waals surface area (Å²) in [6.45, 7) is 6.10. The maximum absolute atomic E-state index is 11.7. The van der Waals surface area contributed by atoms with Crippen molar-refractivity contribution in [3.63, 3.8) is 0 Å². The summed E-state index contributed by atoms with van der Waals surface area (Å²) in [5.41, 5.74) is 7.74. The zero-order chi connectivity index (χ0) is 15.2. The standard InChI is InChI=1S/C15H24N4O2/c1-3-21-15(20)19-8-6-13(7-9-19)18-14-12(10-16)5-4-11(2)17-14/h4-5,13H,3,6-10,16H2,1-2H3,(H,17,18). The highest BCUT2D eigenvalue weighted by Crippen LogP contribution is 2.19. The Kier molecular flexibility index (Phi) is 5.38. The van der Waals surface area contributed by atoms with Gasteiger partial charge in [0.25, 0.3) is 0 Å². The van der Waals surface area contributed by atoms with Crippen LogP contribution in [0.4, 0.5) is 10.6 Å². The fourth-order valence-electron chi connectivity index (χ4n) is 2.49. The summed E-state index contributed by atoms with van der Waals surface area (Å²) >= 11 is 0. The number of carbonyl (C=O) groups is 1. The lowest BCUT2D eigenvalue weighted by atomic mass is 10.0. The van der Waals surface area contributed by atoms with Gasteiger partial charge in [-0.3, -0.25) is 0 Å². The van der Waals surface area contributed by atoms with Crippen molar-refractivity contribution in [2.75, 3.05) is 25.0 Å². The van der Waals surface area contributed by atoms with Crippen molar-refractivity contribution in [2.24, 2.45) is 5.73 Å². The van der Waals surface area contributed by atoms with Crippen LogP contribution in [0.5, 0.6) is 0 Å². The monoisotopic (exact) mass is 292 g/mol. The first kappa shape index (κ1) is 15.6. The third-order valence-corrected chi connectivity index (χ3v) is 3.70. The average molecular weight is 292 g/mol. The Hall–Kier alpha value is -1.82. The summed E-state index contributed by atoms with van der Waals surface area (Å²) < 4.78 is 5.02. The van der Waals surface area contributed by atoms with E-state index in [1.807, 2.05) is 26.0 Å². The van der Waals surface area contributed by atoms with E-state index in [-0.39, 0.29) is 6.09 Å². The van der Waals surface area contributed by atoms with Crippen LogP contribution in [0, 0.1) is 6.92 Å². The van der Waals surface area contributed by atoms with E-state index in [9.17, 15) is 4.79 Å². The number of amides is 1. The van der Waals surface area contributed by atoms with Gasteiger partial charge in [0.05, 0.1) is 6.61 Å². The third kappa shape index (κ3) is 4.07. The van der Waals surface area contributed by atoms with Crippen molar-refractivity contribution >= 4 is 11.9 Å². The minimum absolute atomic E-state index is 0.215. The molecular formula is C15H24N4O2. The highest BCUT2D eigenvalue weighted by atomic mass is 16.6. The van der Waals surface area contributed by atoms with Gasteiger partial charge in [-0.1, -0.05) is 6.07 Å². The first-order valence-corrected chi connectivity index (χ1v) is 7.48. The van der Waals surface area contributed by atoms with Gasteiger partial charge in [-0.05, 0) is 32.8 Å². The van der Waals surface area contributed by atoms with E-state index in [4.69, 9.17) is 10.5 Å². The molecule has 6 nitrogen and oxygen atoms in total. The van der Waals surface area contributed by atoms with Gasteiger partial charge in [0.2, 0.25) is 0 Å². The summed E-state index contributed by atoms with van der Waals surface area (Å²) in [6.07, 6.45) is 1.56. The Balaban J connectivity index is 1.92. The van der Waals surface area contributed by atoms with Gasteiger partial charge >= 0.3 is 6.09 Å². The number of hydrogen-bond donors (Lipinski definition) is 2. The van der Waals surface area contributed by atoms with Gasteiger partial charge in [0.15, 0.2) is 0 Å². The summed E-state index contributed by atoms with van der Waals surface area (Å²) in [5, 5.41) is 3.46. The molecule has 0 aliphatic carbocycles. The number of nitrogens with two attached hydrogens (primary N) is 1. The maximum Gasteiger partial charge on any atom is 0.409 e. The van der Waals surface area contributed by atoms with Crippen molar-refractivity contribution in [1.29, 1.82) is 0 Å². The summed E-state index contributed by atoms with van der Waals surface area (Å²) in [4.78, 5) is 17.9. The lowest BCUT2D eigenvalue weighted by molar-refractivity contribution is 0.0983. The van der Waals surface area contributed by atoms with Crippen molar-refractivity contribution in [2.45, 2.75) is 39.3 Å². The minimum Gasteiger partial charge on any atom is -0.450 e. The number of rotatable bonds is 4. The molecule has 1 saturated heterocycles. The number of nitrogens with zero attached hydrogens (tertiary/aromatic N) is 2. The molecular weight excluding hydrogens is 268 g/mol. The molecule has 0 bridgehead atoms. The van der Waals surface area contributed by atoms with E-state index < -0.39 is 0 Å². The Morgan fingerprint density at radius 2 is 2.19 bits per heavy atom. The molecule has 3 N–H and O–H groups in total. The quantitative estimate of drug-likeness (QED) is 0.885. The highest BCUT2D eigenvalue weighted by molar-refractivity contribution is 5.67. The molecule has 21 heavy (non-hydrogen) atoms. The van der Waals surface area contributed by atoms with Gasteiger partial charge in [-0.15, -0.1) is 0 Å². The highest BCUT2D eigenvalue weighted by Gasteiger charge is 2.24. The number of ether oxygens (including phenoxy) is 1. The second-order valence-electron chi connectivity index (χ2n) is 5.27. The predicted octanol–water partition coefficient (Wildman–Crippen LogP) is 1.88. The molecule has 6 heteroatoms. The normalized spacial score (nSPS) is 15.9. The number of aromatic nitrogens is 1. The van der Waals surface area contributed by atoms with E-state index in [1.54, 1.807) is 4.90 Å². The number of piperidine rings is 1. The Labute approximate surface area is 125 Å². The molecule has 1 amide bonds. The van der Waals surface area contributed by atoms with Crippen molar-refractivity contribution in [3.8, 4) is 0 Å². The fraction of sp³-hybridized carbons (Fsp3) is 0.600. The van der Waals surface area contributed by atoms with Crippen LogP contribution in [-0.4, -0.2) is 41.7 Å². The molecule has 0 atom stereocenters. The van der Waals surface area contributed by atoms with E-state index >= 15 is 0 Å². The van der Waals surface area contributed by atoms with Crippen LogP contribution in [0.2, 0.25) is 0 Å². The van der Waals surface area contributed by atoms with Crippen LogP contribution >= 0.6 is 0 Å². The SMILES string of the molecule is CCOC(=O)N1CCC(Nc2nc(C)ccc2CN)CC1. The van der Waals surface area contributed by atoms with Crippen LogP contribution in [0.3, 0.4) is 0 Å². The van der Waals surface area contributed by atoms with Crippen LogP contribution in [0.1, 0.15) is 31.0 Å². The Morgan fingerprint density at radius 1 is 1.48 bits per heavy atom. The molecule has 0 radical (unpaired) electrons. The smallest absolute Gasteiger partial charge is 0.409 e. The predicted molar refractivity (Wildman–Crippen MR) is 82.1 cm³/mol. The molecule has 0 saturated carbocycles. The molecule has 1 aliphatic heterocycles. The summed E-state index contributed by atoms with van der Waals surface area (Å²) in [6, 6.07) is 4.30. The molecule has 2 rings (SSSR count). The lowest BCUT2D eigenvalue weighted by Gasteiger charge is -2.32. The Morgan fingerprint density at radius 3 is 2.81 bits per heavy atom. The zero-order valence-electron chi connectivity index (χ0n) is 12.8. The number of carbonyl (C=O) groups excluding carboxylic acids is 1. The van der Waals surface area contributed by atoms with Gasteiger partial charge in [-0.25, -0.2) is 9.78 Å².